The fourth-order valence-electron chi connectivity index (χ4n) is 5.78. The molecule has 1 saturated carbocycles. The molecule has 164 valence electrons. The molecule has 2 aliphatic heterocycles. The number of carbonyl (C=O) groups is 1. The summed E-state index contributed by atoms with van der Waals surface area (Å²) < 4.78 is 5.68. The van der Waals surface area contributed by atoms with Gasteiger partial charge in [-0.15, -0.1) is 0 Å². The first-order valence-electron chi connectivity index (χ1n) is 11.7. The van der Waals surface area contributed by atoms with E-state index in [0.29, 0.717) is 23.4 Å². The largest absolute Gasteiger partial charge is 0.464 e. The third-order valence-corrected chi connectivity index (χ3v) is 7.93. The minimum atomic E-state index is 0.0667. The van der Waals surface area contributed by atoms with Gasteiger partial charge in [-0.25, -0.2) is 0 Å². The van der Waals surface area contributed by atoms with Crippen LogP contribution in [-0.4, -0.2) is 35.3 Å². The molecule has 1 spiro atoms. The molecular weight excluding hydrogens is 400 g/mol. The normalized spacial score (nSPS) is 22.1. The monoisotopic (exact) mass is 428 g/mol. The van der Waals surface area contributed by atoms with E-state index in [4.69, 9.17) is 4.42 Å². The lowest BCUT2D eigenvalue weighted by atomic mass is 9.90. The SMILES string of the molecule is O=C(C1CC12CCN(Cc1coc3ccccc3c1=O)CC2)N1CCc2ccccc2C1. The summed E-state index contributed by atoms with van der Waals surface area (Å²) in [5.74, 6) is 0.531. The fourth-order valence-corrected chi connectivity index (χ4v) is 5.78. The van der Waals surface area contributed by atoms with Crippen LogP contribution in [0.1, 0.15) is 36.0 Å². The van der Waals surface area contributed by atoms with Crippen molar-refractivity contribution in [2.24, 2.45) is 11.3 Å². The second-order valence-electron chi connectivity index (χ2n) is 9.76. The van der Waals surface area contributed by atoms with Gasteiger partial charge in [0.2, 0.25) is 5.91 Å². The summed E-state index contributed by atoms with van der Waals surface area (Å²) in [6.07, 6.45) is 5.67. The van der Waals surface area contributed by atoms with E-state index in [1.165, 1.54) is 11.1 Å². The Labute approximate surface area is 187 Å². The van der Waals surface area contributed by atoms with Crippen molar-refractivity contribution in [3.63, 3.8) is 0 Å². The van der Waals surface area contributed by atoms with Gasteiger partial charge in [0, 0.05) is 31.1 Å². The lowest BCUT2D eigenvalue weighted by Gasteiger charge is -2.34. The van der Waals surface area contributed by atoms with E-state index < -0.39 is 0 Å². The minimum absolute atomic E-state index is 0.0667. The smallest absolute Gasteiger partial charge is 0.226 e. The second kappa shape index (κ2) is 7.59. The summed E-state index contributed by atoms with van der Waals surface area (Å²) in [4.78, 5) is 30.5. The first kappa shape index (κ1) is 19.7. The van der Waals surface area contributed by atoms with Crippen molar-refractivity contribution in [1.82, 2.24) is 9.80 Å². The number of fused-ring (bicyclic) bond motifs is 2. The summed E-state index contributed by atoms with van der Waals surface area (Å²) in [6.45, 7) is 4.07. The lowest BCUT2D eigenvalue weighted by Crippen LogP contribution is -2.40. The van der Waals surface area contributed by atoms with Crippen LogP contribution in [0.4, 0.5) is 0 Å². The molecule has 5 heteroatoms. The number of para-hydroxylation sites is 1. The standard InChI is InChI=1S/C27H28N2O3/c30-25-21(18-32-24-8-4-3-7-22(24)25)16-28-13-10-27(11-14-28)15-23(27)26(31)29-12-9-19-5-1-2-6-20(19)17-29/h1-8,18,23H,9-17H2. The van der Waals surface area contributed by atoms with Crippen LogP contribution in [0.25, 0.3) is 11.0 Å². The Morgan fingerprint density at radius 1 is 1.00 bits per heavy atom. The van der Waals surface area contributed by atoms with Gasteiger partial charge >= 0.3 is 0 Å². The summed E-state index contributed by atoms with van der Waals surface area (Å²) in [5.41, 5.74) is 4.28. The van der Waals surface area contributed by atoms with E-state index in [0.717, 1.165) is 57.4 Å². The summed E-state index contributed by atoms with van der Waals surface area (Å²) in [5, 5.41) is 0.648. The highest BCUT2D eigenvalue weighted by Gasteiger charge is 2.59. The topological polar surface area (TPSA) is 53.8 Å². The van der Waals surface area contributed by atoms with Gasteiger partial charge in [0.25, 0.3) is 0 Å². The number of hydrogen-bond donors (Lipinski definition) is 0. The number of carbonyl (C=O) groups excluding carboxylic acids is 1. The molecular formula is C27H28N2O3. The zero-order valence-corrected chi connectivity index (χ0v) is 18.3. The first-order valence-corrected chi connectivity index (χ1v) is 11.7. The average molecular weight is 429 g/mol. The van der Waals surface area contributed by atoms with E-state index in [2.05, 4.69) is 34.1 Å². The molecule has 32 heavy (non-hydrogen) atoms. The fraction of sp³-hybridized carbons (Fsp3) is 0.407. The molecule has 1 unspecified atom stereocenters. The number of amides is 1. The Kier molecular flexibility index (Phi) is 4.68. The maximum atomic E-state index is 13.2. The van der Waals surface area contributed by atoms with Crippen LogP contribution in [-0.2, 0) is 24.3 Å². The predicted molar refractivity (Wildman–Crippen MR) is 123 cm³/mol. The van der Waals surface area contributed by atoms with E-state index in [-0.39, 0.29) is 16.8 Å². The predicted octanol–water partition coefficient (Wildman–Crippen LogP) is 3.98. The molecule has 3 aromatic rings. The average Bonchev–Trinajstić information content (AvgIpc) is 3.55. The minimum Gasteiger partial charge on any atom is -0.464 e. The summed E-state index contributed by atoms with van der Waals surface area (Å²) >= 11 is 0. The first-order chi connectivity index (χ1) is 15.6. The number of piperidine rings is 1. The third-order valence-electron chi connectivity index (χ3n) is 7.93. The van der Waals surface area contributed by atoms with E-state index in [9.17, 15) is 9.59 Å². The molecule has 6 rings (SSSR count). The molecule has 2 fully saturated rings. The van der Waals surface area contributed by atoms with Crippen LogP contribution in [0.3, 0.4) is 0 Å². The van der Waals surface area contributed by atoms with Gasteiger partial charge in [-0.1, -0.05) is 36.4 Å². The van der Waals surface area contributed by atoms with Gasteiger partial charge in [-0.2, -0.15) is 0 Å². The third kappa shape index (κ3) is 3.36. The molecule has 3 aliphatic rings. The van der Waals surface area contributed by atoms with Crippen molar-refractivity contribution in [3.05, 3.63) is 81.7 Å². The van der Waals surface area contributed by atoms with Crippen molar-refractivity contribution in [3.8, 4) is 0 Å². The van der Waals surface area contributed by atoms with Crippen LogP contribution < -0.4 is 5.43 Å². The van der Waals surface area contributed by atoms with E-state index in [1.807, 2.05) is 24.3 Å². The lowest BCUT2D eigenvalue weighted by molar-refractivity contribution is -0.134. The van der Waals surface area contributed by atoms with Crippen LogP contribution in [0.2, 0.25) is 0 Å². The zero-order chi connectivity index (χ0) is 21.7. The van der Waals surface area contributed by atoms with Gasteiger partial charge in [-0.3, -0.25) is 14.5 Å². The Bertz CT molecular complexity index is 1240. The van der Waals surface area contributed by atoms with Gasteiger partial charge in [0.05, 0.1) is 11.6 Å². The van der Waals surface area contributed by atoms with E-state index in [1.54, 1.807) is 6.26 Å². The number of hydrogen-bond acceptors (Lipinski definition) is 4. The number of benzene rings is 2. The highest BCUT2D eigenvalue weighted by molar-refractivity contribution is 5.83. The second-order valence-corrected chi connectivity index (χ2v) is 9.76. The van der Waals surface area contributed by atoms with Crippen LogP contribution in [0.15, 0.2) is 64.0 Å². The van der Waals surface area contributed by atoms with Crippen molar-refractivity contribution in [2.45, 2.75) is 38.8 Å². The molecule has 1 saturated heterocycles. The van der Waals surface area contributed by atoms with E-state index >= 15 is 0 Å². The van der Waals surface area contributed by atoms with Crippen molar-refractivity contribution < 1.29 is 9.21 Å². The van der Waals surface area contributed by atoms with Crippen LogP contribution >= 0.6 is 0 Å². The Balaban J connectivity index is 1.08. The van der Waals surface area contributed by atoms with Crippen molar-refractivity contribution >= 4 is 16.9 Å². The molecule has 0 radical (unpaired) electrons. The molecule has 0 N–H and O–H groups in total. The molecule has 1 aliphatic carbocycles. The molecule has 1 atom stereocenters. The van der Waals surface area contributed by atoms with Crippen LogP contribution in [0, 0.1) is 11.3 Å². The highest BCUT2D eigenvalue weighted by atomic mass is 16.3. The highest BCUT2D eigenvalue weighted by Crippen LogP contribution is 2.60. The van der Waals surface area contributed by atoms with Crippen molar-refractivity contribution in [1.29, 1.82) is 0 Å². The molecule has 5 nitrogen and oxygen atoms in total. The van der Waals surface area contributed by atoms with Crippen LogP contribution in [0.5, 0.6) is 0 Å². The van der Waals surface area contributed by atoms with Crippen molar-refractivity contribution in [2.75, 3.05) is 19.6 Å². The number of rotatable bonds is 3. The molecule has 1 amide bonds. The molecule has 3 heterocycles. The Morgan fingerprint density at radius 3 is 2.59 bits per heavy atom. The summed E-state index contributed by atoms with van der Waals surface area (Å²) in [7, 11) is 0. The zero-order valence-electron chi connectivity index (χ0n) is 18.3. The maximum absolute atomic E-state index is 13.2. The number of likely N-dealkylation sites (tertiary alicyclic amines) is 1. The Morgan fingerprint density at radius 2 is 1.75 bits per heavy atom. The molecule has 1 aromatic heterocycles. The van der Waals surface area contributed by atoms with Gasteiger partial charge in [0.1, 0.15) is 5.58 Å². The Hall–Kier alpha value is -2.92. The molecule has 0 bridgehead atoms. The van der Waals surface area contributed by atoms with Gasteiger partial charge < -0.3 is 9.32 Å². The maximum Gasteiger partial charge on any atom is 0.226 e. The molecule has 2 aromatic carbocycles. The number of nitrogens with zero attached hydrogens (tertiary/aromatic N) is 2. The quantitative estimate of drug-likeness (QED) is 0.633. The summed E-state index contributed by atoms with van der Waals surface area (Å²) in [6, 6.07) is 15.9. The van der Waals surface area contributed by atoms with Gasteiger partial charge in [-0.05, 0) is 67.4 Å². The van der Waals surface area contributed by atoms with Gasteiger partial charge in [0.15, 0.2) is 5.43 Å².